The summed E-state index contributed by atoms with van der Waals surface area (Å²) in [6, 6.07) is -0.391. The van der Waals surface area contributed by atoms with Gasteiger partial charge in [0.05, 0.1) is 17.9 Å². The van der Waals surface area contributed by atoms with Crippen LogP contribution in [0.5, 0.6) is 0 Å². The number of nitrogens with one attached hydrogen (secondary N) is 1. The van der Waals surface area contributed by atoms with E-state index in [4.69, 9.17) is 9.84 Å². The van der Waals surface area contributed by atoms with Crippen molar-refractivity contribution in [3.05, 3.63) is 0 Å². The second-order valence-electron chi connectivity index (χ2n) is 4.62. The van der Waals surface area contributed by atoms with Crippen LogP contribution in [0, 0.1) is 5.92 Å². The van der Waals surface area contributed by atoms with Crippen molar-refractivity contribution in [3.63, 3.8) is 0 Å². The molecule has 2 N–H and O–H groups in total. The van der Waals surface area contributed by atoms with E-state index in [1.807, 2.05) is 0 Å². The van der Waals surface area contributed by atoms with Crippen LogP contribution in [0.15, 0.2) is 0 Å². The van der Waals surface area contributed by atoms with Crippen molar-refractivity contribution in [2.75, 3.05) is 7.11 Å². The van der Waals surface area contributed by atoms with Gasteiger partial charge in [-0.3, -0.25) is 9.59 Å². The minimum atomic E-state index is -0.918. The van der Waals surface area contributed by atoms with Gasteiger partial charge in [-0.2, -0.15) is 0 Å². The molecule has 0 spiro atoms. The van der Waals surface area contributed by atoms with E-state index in [1.54, 1.807) is 27.7 Å². The van der Waals surface area contributed by atoms with Crippen LogP contribution in [-0.2, 0) is 14.3 Å². The van der Waals surface area contributed by atoms with Crippen LogP contribution in [-0.4, -0.2) is 35.7 Å². The first-order valence-corrected chi connectivity index (χ1v) is 5.27. The smallest absolute Gasteiger partial charge is 0.308 e. The molecule has 0 radical (unpaired) electrons. The van der Waals surface area contributed by atoms with E-state index >= 15 is 0 Å². The number of carbonyl (C=O) groups is 2. The van der Waals surface area contributed by atoms with E-state index in [2.05, 4.69) is 5.32 Å². The molecule has 0 aromatic heterocycles. The third-order valence-electron chi connectivity index (χ3n) is 2.67. The lowest BCUT2D eigenvalue weighted by Crippen LogP contribution is -2.42. The maximum atomic E-state index is 11.6. The van der Waals surface area contributed by atoms with Crippen molar-refractivity contribution in [2.24, 2.45) is 5.92 Å². The fourth-order valence-corrected chi connectivity index (χ4v) is 1.10. The molecule has 2 atom stereocenters. The Kier molecular flexibility index (Phi) is 5.44. The normalized spacial score (nSPS) is 15.3. The summed E-state index contributed by atoms with van der Waals surface area (Å²) in [6.45, 7) is 6.85. The first-order chi connectivity index (χ1) is 7.19. The summed E-state index contributed by atoms with van der Waals surface area (Å²) in [5, 5.41) is 11.4. The predicted molar refractivity (Wildman–Crippen MR) is 60.1 cm³/mol. The van der Waals surface area contributed by atoms with Crippen LogP contribution < -0.4 is 5.32 Å². The monoisotopic (exact) mass is 231 g/mol. The number of hydrogen-bond donors (Lipinski definition) is 2. The van der Waals surface area contributed by atoms with E-state index in [9.17, 15) is 9.59 Å². The summed E-state index contributed by atoms with van der Waals surface area (Å²) in [4.78, 5) is 22.3. The second kappa shape index (κ2) is 5.84. The lowest BCUT2D eigenvalue weighted by Gasteiger charge is -2.24. The summed E-state index contributed by atoms with van der Waals surface area (Å²) < 4.78 is 5.12. The molecular weight excluding hydrogens is 210 g/mol. The topological polar surface area (TPSA) is 75.6 Å². The van der Waals surface area contributed by atoms with Gasteiger partial charge in [-0.05, 0) is 27.7 Å². The number of carbonyl (C=O) groups excluding carboxylic acids is 1. The highest BCUT2D eigenvalue weighted by atomic mass is 16.5. The molecule has 0 aliphatic rings. The van der Waals surface area contributed by atoms with Crippen LogP contribution in [0.2, 0.25) is 0 Å². The minimum Gasteiger partial charge on any atom is -0.481 e. The predicted octanol–water partition coefficient (Wildman–Crippen LogP) is 1.03. The molecule has 0 aromatic rings. The first kappa shape index (κ1) is 14.9. The molecule has 94 valence electrons. The Morgan fingerprint density at radius 2 is 1.88 bits per heavy atom. The molecule has 5 nitrogen and oxygen atoms in total. The fraction of sp³-hybridized carbons (Fsp3) is 0.818. The van der Waals surface area contributed by atoms with E-state index in [0.29, 0.717) is 0 Å². The largest absolute Gasteiger partial charge is 0.481 e. The van der Waals surface area contributed by atoms with Crippen LogP contribution in [0.4, 0.5) is 0 Å². The first-order valence-electron chi connectivity index (χ1n) is 5.27. The second-order valence-corrected chi connectivity index (χ2v) is 4.62. The number of methoxy groups -OCH3 is 1. The molecule has 5 heteroatoms. The van der Waals surface area contributed by atoms with E-state index in [0.717, 1.165) is 0 Å². The standard InChI is InChI=1S/C11H21NO4/c1-7(10(14)15)8(2)12-9(13)6-11(3,4)16-5/h7-8H,6H2,1-5H3,(H,12,13)(H,14,15). The maximum absolute atomic E-state index is 11.6. The number of carboxylic acid groups (broad SMARTS) is 1. The van der Waals surface area contributed by atoms with Gasteiger partial charge in [-0.1, -0.05) is 0 Å². The zero-order chi connectivity index (χ0) is 12.9. The lowest BCUT2D eigenvalue weighted by atomic mass is 10.0. The number of hydrogen-bond acceptors (Lipinski definition) is 3. The van der Waals surface area contributed by atoms with Gasteiger partial charge >= 0.3 is 5.97 Å². The summed E-state index contributed by atoms with van der Waals surface area (Å²) >= 11 is 0. The van der Waals surface area contributed by atoms with Gasteiger partial charge in [0, 0.05) is 13.2 Å². The van der Waals surface area contributed by atoms with E-state index in [-0.39, 0.29) is 12.3 Å². The van der Waals surface area contributed by atoms with Crippen molar-refractivity contribution < 1.29 is 19.4 Å². The SMILES string of the molecule is COC(C)(C)CC(=O)NC(C)C(C)C(=O)O. The Hall–Kier alpha value is -1.10. The van der Waals surface area contributed by atoms with Crippen molar-refractivity contribution >= 4 is 11.9 Å². The third kappa shape index (κ3) is 5.11. The molecule has 0 heterocycles. The van der Waals surface area contributed by atoms with Gasteiger partial charge in [-0.25, -0.2) is 0 Å². The van der Waals surface area contributed by atoms with Crippen LogP contribution in [0.3, 0.4) is 0 Å². The summed E-state index contributed by atoms with van der Waals surface area (Å²) in [7, 11) is 1.54. The number of amides is 1. The zero-order valence-corrected chi connectivity index (χ0v) is 10.5. The highest BCUT2D eigenvalue weighted by Crippen LogP contribution is 2.13. The van der Waals surface area contributed by atoms with Gasteiger partial charge in [0.25, 0.3) is 0 Å². The average molecular weight is 231 g/mol. The average Bonchev–Trinajstić information content (AvgIpc) is 2.15. The quantitative estimate of drug-likeness (QED) is 0.715. The molecule has 0 aromatic carbocycles. The molecule has 0 rings (SSSR count). The highest BCUT2D eigenvalue weighted by molar-refractivity contribution is 5.78. The number of aliphatic carboxylic acids is 1. The van der Waals surface area contributed by atoms with Crippen molar-refractivity contribution in [3.8, 4) is 0 Å². The Morgan fingerprint density at radius 3 is 2.25 bits per heavy atom. The van der Waals surface area contributed by atoms with Gasteiger partial charge in [0.2, 0.25) is 5.91 Å². The van der Waals surface area contributed by atoms with Gasteiger partial charge in [-0.15, -0.1) is 0 Å². The van der Waals surface area contributed by atoms with Gasteiger partial charge in [0.15, 0.2) is 0 Å². The molecule has 2 unspecified atom stereocenters. The van der Waals surface area contributed by atoms with Crippen molar-refractivity contribution in [2.45, 2.75) is 45.8 Å². The molecule has 0 fully saturated rings. The minimum absolute atomic E-state index is 0.201. The summed E-state index contributed by atoms with van der Waals surface area (Å²) in [5.74, 6) is -1.72. The van der Waals surface area contributed by atoms with Crippen LogP contribution >= 0.6 is 0 Å². The Labute approximate surface area is 96.2 Å². The van der Waals surface area contributed by atoms with Crippen molar-refractivity contribution in [1.82, 2.24) is 5.32 Å². The highest BCUT2D eigenvalue weighted by Gasteiger charge is 2.25. The van der Waals surface area contributed by atoms with E-state index < -0.39 is 23.5 Å². The number of rotatable bonds is 6. The molecule has 0 aliphatic heterocycles. The van der Waals surface area contributed by atoms with Crippen LogP contribution in [0.1, 0.15) is 34.1 Å². The molecule has 16 heavy (non-hydrogen) atoms. The molecule has 0 aliphatic carbocycles. The summed E-state index contributed by atoms with van der Waals surface area (Å²) in [5.41, 5.74) is -0.531. The van der Waals surface area contributed by atoms with E-state index in [1.165, 1.54) is 7.11 Å². The Balaban J connectivity index is 4.20. The maximum Gasteiger partial charge on any atom is 0.308 e. The van der Waals surface area contributed by atoms with Gasteiger partial charge < -0.3 is 15.2 Å². The zero-order valence-electron chi connectivity index (χ0n) is 10.5. The number of ether oxygens (including phenoxy) is 1. The lowest BCUT2D eigenvalue weighted by molar-refractivity contribution is -0.142. The molecule has 0 saturated heterocycles. The molecule has 0 bridgehead atoms. The van der Waals surface area contributed by atoms with Crippen LogP contribution in [0.25, 0.3) is 0 Å². The number of carboxylic acids is 1. The fourth-order valence-electron chi connectivity index (χ4n) is 1.10. The Morgan fingerprint density at radius 1 is 1.38 bits per heavy atom. The molecule has 1 amide bonds. The summed E-state index contributed by atoms with van der Waals surface area (Å²) in [6.07, 6.45) is 0.209. The van der Waals surface area contributed by atoms with Crippen molar-refractivity contribution in [1.29, 1.82) is 0 Å². The third-order valence-corrected chi connectivity index (χ3v) is 2.67. The van der Waals surface area contributed by atoms with Gasteiger partial charge in [0.1, 0.15) is 0 Å². The Bertz CT molecular complexity index is 263. The molecule has 0 saturated carbocycles. The molecular formula is C11H21NO4.